The van der Waals surface area contributed by atoms with Crippen molar-refractivity contribution in [3.8, 4) is 0 Å². The Hall–Kier alpha value is -1.35. The molecule has 0 aliphatic carbocycles. The fourth-order valence-electron chi connectivity index (χ4n) is 1.82. The first kappa shape index (κ1) is 13.7. The summed E-state index contributed by atoms with van der Waals surface area (Å²) in [5.41, 5.74) is 6.56. The van der Waals surface area contributed by atoms with Crippen LogP contribution in [-0.4, -0.2) is 18.5 Å². The van der Waals surface area contributed by atoms with E-state index in [-0.39, 0.29) is 17.4 Å². The highest BCUT2D eigenvalue weighted by Gasteiger charge is 2.22. The summed E-state index contributed by atoms with van der Waals surface area (Å²) in [6, 6.07) is 10.0. The van der Waals surface area contributed by atoms with Crippen LogP contribution < -0.4 is 11.1 Å². The van der Waals surface area contributed by atoms with Crippen molar-refractivity contribution in [2.45, 2.75) is 38.6 Å². The van der Waals surface area contributed by atoms with E-state index in [9.17, 15) is 4.79 Å². The summed E-state index contributed by atoms with van der Waals surface area (Å²) in [4.78, 5) is 11.1. The van der Waals surface area contributed by atoms with Gasteiger partial charge in [0.2, 0.25) is 5.91 Å². The first-order valence-electron chi connectivity index (χ1n) is 6.05. The molecule has 0 bridgehead atoms. The van der Waals surface area contributed by atoms with Gasteiger partial charge in [-0.3, -0.25) is 4.79 Å². The van der Waals surface area contributed by atoms with Crippen molar-refractivity contribution in [3.05, 3.63) is 35.9 Å². The maximum Gasteiger partial charge on any atom is 0.234 e. The zero-order valence-corrected chi connectivity index (χ0v) is 10.9. The van der Waals surface area contributed by atoms with Gasteiger partial charge in [0, 0.05) is 12.0 Å². The number of carbonyl (C=O) groups excluding carboxylic acids is 1. The minimum Gasteiger partial charge on any atom is -0.368 e. The molecule has 0 heterocycles. The van der Waals surface area contributed by atoms with Crippen LogP contribution in [0.3, 0.4) is 0 Å². The van der Waals surface area contributed by atoms with Gasteiger partial charge in [-0.1, -0.05) is 51.1 Å². The molecule has 1 aromatic carbocycles. The Morgan fingerprint density at radius 3 is 2.41 bits per heavy atom. The van der Waals surface area contributed by atoms with Gasteiger partial charge in [0.25, 0.3) is 0 Å². The Morgan fingerprint density at radius 2 is 1.94 bits per heavy atom. The third-order valence-electron chi connectivity index (χ3n) is 3.10. The van der Waals surface area contributed by atoms with Gasteiger partial charge in [0.15, 0.2) is 0 Å². The molecule has 3 heteroatoms. The first-order chi connectivity index (χ1) is 7.97. The lowest BCUT2D eigenvalue weighted by Gasteiger charge is -2.27. The largest absolute Gasteiger partial charge is 0.368 e. The number of nitrogens with two attached hydrogens (primary N) is 1. The molecule has 0 saturated carbocycles. The summed E-state index contributed by atoms with van der Waals surface area (Å²) in [6.45, 7) is 7.00. The highest BCUT2D eigenvalue weighted by molar-refractivity contribution is 5.79. The quantitative estimate of drug-likeness (QED) is 0.789. The summed E-state index contributed by atoms with van der Waals surface area (Å²) in [7, 11) is 0. The van der Waals surface area contributed by atoms with Crippen molar-refractivity contribution < 1.29 is 4.79 Å². The van der Waals surface area contributed by atoms with Gasteiger partial charge in [0.1, 0.15) is 0 Å². The second-order valence-corrected chi connectivity index (χ2v) is 4.99. The van der Waals surface area contributed by atoms with Gasteiger partial charge >= 0.3 is 0 Å². The molecule has 0 radical (unpaired) electrons. The SMILES string of the molecule is CCC(NCC(C)(C)c1ccccc1)C(N)=O. The van der Waals surface area contributed by atoms with E-state index in [1.165, 1.54) is 5.56 Å². The molecule has 1 rings (SSSR count). The van der Waals surface area contributed by atoms with Gasteiger partial charge in [-0.25, -0.2) is 0 Å². The monoisotopic (exact) mass is 234 g/mol. The summed E-state index contributed by atoms with van der Waals surface area (Å²) < 4.78 is 0. The molecule has 0 aromatic heterocycles. The minimum absolute atomic E-state index is 0.00979. The van der Waals surface area contributed by atoms with E-state index in [1.54, 1.807) is 0 Å². The van der Waals surface area contributed by atoms with Crippen LogP contribution >= 0.6 is 0 Å². The molecule has 0 saturated heterocycles. The summed E-state index contributed by atoms with van der Waals surface area (Å²) in [5, 5.41) is 3.23. The summed E-state index contributed by atoms with van der Waals surface area (Å²) in [5.74, 6) is -0.281. The Morgan fingerprint density at radius 1 is 1.35 bits per heavy atom. The zero-order chi connectivity index (χ0) is 12.9. The zero-order valence-electron chi connectivity index (χ0n) is 10.9. The lowest BCUT2D eigenvalue weighted by Crippen LogP contribution is -2.45. The molecule has 94 valence electrons. The standard InChI is InChI=1S/C14H22N2O/c1-4-12(13(15)17)16-10-14(2,3)11-8-6-5-7-9-11/h5-9,12,16H,4,10H2,1-3H3,(H2,15,17). The molecule has 17 heavy (non-hydrogen) atoms. The van der Waals surface area contributed by atoms with Crippen LogP contribution in [0.4, 0.5) is 0 Å². The number of hydrogen-bond acceptors (Lipinski definition) is 2. The van der Waals surface area contributed by atoms with Crippen molar-refractivity contribution in [2.24, 2.45) is 5.73 Å². The van der Waals surface area contributed by atoms with Gasteiger partial charge in [-0.15, -0.1) is 0 Å². The van der Waals surface area contributed by atoms with E-state index in [1.807, 2.05) is 25.1 Å². The van der Waals surface area contributed by atoms with Gasteiger partial charge < -0.3 is 11.1 Å². The topological polar surface area (TPSA) is 55.1 Å². The molecule has 0 aliphatic heterocycles. The Kier molecular flexibility index (Phi) is 4.70. The molecule has 1 amide bonds. The van der Waals surface area contributed by atoms with Crippen molar-refractivity contribution in [1.82, 2.24) is 5.32 Å². The number of amides is 1. The Bertz CT molecular complexity index is 360. The molecule has 1 aromatic rings. The van der Waals surface area contributed by atoms with E-state index in [0.717, 1.165) is 13.0 Å². The molecule has 0 aliphatic rings. The van der Waals surface area contributed by atoms with Crippen LogP contribution in [-0.2, 0) is 10.2 Å². The first-order valence-corrected chi connectivity index (χ1v) is 6.05. The van der Waals surface area contributed by atoms with Crippen molar-refractivity contribution in [1.29, 1.82) is 0 Å². The Labute approximate surface area is 103 Å². The number of benzene rings is 1. The van der Waals surface area contributed by atoms with Crippen molar-refractivity contribution in [2.75, 3.05) is 6.54 Å². The maximum atomic E-state index is 11.1. The van der Waals surface area contributed by atoms with Gasteiger partial charge in [0.05, 0.1) is 6.04 Å². The third kappa shape index (κ3) is 3.86. The van der Waals surface area contributed by atoms with Crippen LogP contribution in [0.1, 0.15) is 32.8 Å². The number of hydrogen-bond donors (Lipinski definition) is 2. The molecule has 1 unspecified atom stereocenters. The average Bonchev–Trinajstić information content (AvgIpc) is 2.30. The Balaban J connectivity index is 2.64. The van der Waals surface area contributed by atoms with Crippen LogP contribution in [0.15, 0.2) is 30.3 Å². The molecule has 1 atom stereocenters. The van der Waals surface area contributed by atoms with E-state index in [4.69, 9.17) is 5.73 Å². The van der Waals surface area contributed by atoms with E-state index in [0.29, 0.717) is 0 Å². The molecule has 3 N–H and O–H groups in total. The second-order valence-electron chi connectivity index (χ2n) is 4.99. The predicted molar refractivity (Wildman–Crippen MR) is 70.7 cm³/mol. The molecule has 3 nitrogen and oxygen atoms in total. The van der Waals surface area contributed by atoms with Crippen LogP contribution in [0.5, 0.6) is 0 Å². The number of carbonyl (C=O) groups is 1. The molecular formula is C14H22N2O. The van der Waals surface area contributed by atoms with Crippen LogP contribution in [0.2, 0.25) is 0 Å². The lowest BCUT2D eigenvalue weighted by atomic mass is 9.84. The van der Waals surface area contributed by atoms with Crippen LogP contribution in [0.25, 0.3) is 0 Å². The highest BCUT2D eigenvalue weighted by atomic mass is 16.1. The number of primary amides is 1. The molecule has 0 fully saturated rings. The van der Waals surface area contributed by atoms with Crippen molar-refractivity contribution >= 4 is 5.91 Å². The third-order valence-corrected chi connectivity index (χ3v) is 3.10. The highest BCUT2D eigenvalue weighted by Crippen LogP contribution is 2.21. The normalized spacial score (nSPS) is 13.4. The molecule has 0 spiro atoms. The van der Waals surface area contributed by atoms with Gasteiger partial charge in [-0.2, -0.15) is 0 Å². The minimum atomic E-state index is -0.281. The predicted octanol–water partition coefficient (Wildman–Crippen LogP) is 1.82. The van der Waals surface area contributed by atoms with E-state index < -0.39 is 0 Å². The second kappa shape index (κ2) is 5.82. The smallest absolute Gasteiger partial charge is 0.234 e. The van der Waals surface area contributed by atoms with Crippen LogP contribution in [0, 0.1) is 0 Å². The number of rotatable bonds is 6. The maximum absolute atomic E-state index is 11.1. The lowest BCUT2D eigenvalue weighted by molar-refractivity contribution is -0.120. The number of nitrogens with one attached hydrogen (secondary N) is 1. The van der Waals surface area contributed by atoms with E-state index >= 15 is 0 Å². The van der Waals surface area contributed by atoms with Gasteiger partial charge in [-0.05, 0) is 12.0 Å². The fraction of sp³-hybridized carbons (Fsp3) is 0.500. The van der Waals surface area contributed by atoms with Crippen molar-refractivity contribution in [3.63, 3.8) is 0 Å². The molecular weight excluding hydrogens is 212 g/mol. The van der Waals surface area contributed by atoms with E-state index in [2.05, 4.69) is 31.3 Å². The average molecular weight is 234 g/mol. The summed E-state index contributed by atoms with van der Waals surface area (Å²) >= 11 is 0. The fourth-order valence-corrected chi connectivity index (χ4v) is 1.82. The summed E-state index contributed by atoms with van der Waals surface area (Å²) in [6.07, 6.45) is 0.722.